The molecule has 6 nitrogen and oxygen atoms in total. The molecule has 2 atom stereocenters. The van der Waals surface area contributed by atoms with Crippen molar-refractivity contribution in [2.45, 2.75) is 64.7 Å². The van der Waals surface area contributed by atoms with Crippen molar-refractivity contribution in [3.05, 3.63) is 140 Å². The summed E-state index contributed by atoms with van der Waals surface area (Å²) in [6.45, 7) is 10.2. The maximum atomic E-state index is 14.5. The van der Waals surface area contributed by atoms with Crippen LogP contribution in [0, 0.1) is 13.8 Å². The van der Waals surface area contributed by atoms with Crippen LogP contribution in [0.5, 0.6) is 5.75 Å². The van der Waals surface area contributed by atoms with Gasteiger partial charge in [0.2, 0.25) is 0 Å². The second-order valence-corrected chi connectivity index (χ2v) is 13.4. The van der Waals surface area contributed by atoms with Gasteiger partial charge in [0.1, 0.15) is 17.3 Å². The van der Waals surface area contributed by atoms with Crippen LogP contribution in [0.2, 0.25) is 0 Å². The molecule has 226 valence electrons. The lowest BCUT2D eigenvalue weighted by atomic mass is 9.71. The van der Waals surface area contributed by atoms with E-state index in [0.29, 0.717) is 35.6 Å². The lowest BCUT2D eigenvalue weighted by Crippen LogP contribution is -2.36. The van der Waals surface area contributed by atoms with Gasteiger partial charge in [0.05, 0.1) is 17.0 Å². The second kappa shape index (κ2) is 10.6. The standard InChI is InChI=1S/C39H36N2O4/c1-22-11-14-28(15-12-22)41-31-20-25(24-9-7-6-8-10-24)21-33(43)35(31)34(36-32(42)17-23(2)45-38(36)44)29-19-26-18-27(39(3,4)5)13-16-30(26)40-37(29)41/h6-19,25,34,42H,20-21H2,1-5H3. The molecule has 0 spiro atoms. The molecule has 3 aromatic carbocycles. The minimum absolute atomic E-state index is 0.0505. The molecule has 0 radical (unpaired) electrons. The fourth-order valence-electron chi connectivity index (χ4n) is 6.88. The summed E-state index contributed by atoms with van der Waals surface area (Å²) in [5, 5.41) is 12.2. The zero-order valence-corrected chi connectivity index (χ0v) is 26.2. The van der Waals surface area contributed by atoms with Gasteiger partial charge in [-0.25, -0.2) is 9.78 Å². The lowest BCUT2D eigenvalue weighted by molar-refractivity contribution is -0.116. The lowest BCUT2D eigenvalue weighted by Gasteiger charge is -2.42. The summed E-state index contributed by atoms with van der Waals surface area (Å²) < 4.78 is 5.56. The highest BCUT2D eigenvalue weighted by Crippen LogP contribution is 2.53. The van der Waals surface area contributed by atoms with E-state index >= 15 is 0 Å². The number of Topliss-reactive ketones (excluding diaryl/α,β-unsaturated/α-hetero) is 1. The Morgan fingerprint density at radius 3 is 2.31 bits per heavy atom. The zero-order valence-electron chi connectivity index (χ0n) is 26.2. The Morgan fingerprint density at radius 1 is 0.889 bits per heavy atom. The van der Waals surface area contributed by atoms with Crippen LogP contribution >= 0.6 is 0 Å². The smallest absolute Gasteiger partial charge is 0.343 e. The van der Waals surface area contributed by atoms with Crippen LogP contribution in [0.1, 0.15) is 79.0 Å². The van der Waals surface area contributed by atoms with Gasteiger partial charge >= 0.3 is 5.63 Å². The maximum Gasteiger partial charge on any atom is 0.343 e. The minimum Gasteiger partial charge on any atom is -0.507 e. The maximum absolute atomic E-state index is 14.5. The van der Waals surface area contributed by atoms with Crippen molar-refractivity contribution in [2.75, 3.05) is 4.90 Å². The summed E-state index contributed by atoms with van der Waals surface area (Å²) in [5.74, 6) is -0.186. The summed E-state index contributed by atoms with van der Waals surface area (Å²) >= 11 is 0. The molecule has 0 bridgehead atoms. The van der Waals surface area contributed by atoms with E-state index in [1.165, 1.54) is 6.07 Å². The van der Waals surface area contributed by atoms with Gasteiger partial charge in [0, 0.05) is 40.4 Å². The predicted molar refractivity (Wildman–Crippen MR) is 177 cm³/mol. The first kappa shape index (κ1) is 28.8. The van der Waals surface area contributed by atoms with Crippen LogP contribution in [-0.4, -0.2) is 15.9 Å². The molecule has 2 aliphatic rings. The molecular formula is C39H36N2O4. The van der Waals surface area contributed by atoms with Crippen LogP contribution in [0.15, 0.2) is 105 Å². The predicted octanol–water partition coefficient (Wildman–Crippen LogP) is 8.49. The Kier molecular flexibility index (Phi) is 6.77. The minimum atomic E-state index is -0.840. The summed E-state index contributed by atoms with van der Waals surface area (Å²) in [4.78, 5) is 35.4. The van der Waals surface area contributed by atoms with Crippen molar-refractivity contribution in [2.24, 2.45) is 0 Å². The molecule has 1 N–H and O–H groups in total. The van der Waals surface area contributed by atoms with Crippen molar-refractivity contribution in [3.63, 3.8) is 0 Å². The number of fused-ring (bicyclic) bond motifs is 2. The van der Waals surface area contributed by atoms with Gasteiger partial charge in [0.25, 0.3) is 0 Å². The Balaban J connectivity index is 1.56. The van der Waals surface area contributed by atoms with Crippen molar-refractivity contribution >= 4 is 28.2 Å². The quantitative estimate of drug-likeness (QED) is 0.225. The van der Waals surface area contributed by atoms with E-state index in [4.69, 9.17) is 9.40 Å². The molecule has 6 heteroatoms. The average Bonchev–Trinajstić information content (AvgIpc) is 2.99. The fraction of sp³-hybridized carbons (Fsp3) is 0.256. The Morgan fingerprint density at radius 2 is 1.62 bits per heavy atom. The number of carbonyl (C=O) groups is 1. The molecular weight excluding hydrogens is 560 g/mol. The second-order valence-electron chi connectivity index (χ2n) is 13.4. The van der Waals surface area contributed by atoms with Crippen LogP contribution in [0.25, 0.3) is 10.9 Å². The number of benzene rings is 3. The topological polar surface area (TPSA) is 83.6 Å². The number of carbonyl (C=O) groups excluding carboxylic acids is 1. The Bertz CT molecular complexity index is 2070. The number of aromatic nitrogens is 1. The molecule has 0 fully saturated rings. The third kappa shape index (κ3) is 4.95. The SMILES string of the molecule is Cc1ccc(N2C3=C(C(=O)CC(c4ccccc4)C3)C(c3c(O)cc(C)oc3=O)c3cc4cc(C(C)(C)C)ccc4nc32)cc1. The third-order valence-electron chi connectivity index (χ3n) is 9.19. The number of nitrogens with zero attached hydrogens (tertiary/aromatic N) is 2. The molecule has 0 saturated carbocycles. The molecule has 5 aromatic rings. The zero-order chi connectivity index (χ0) is 31.6. The first-order valence-electron chi connectivity index (χ1n) is 15.5. The van der Waals surface area contributed by atoms with E-state index in [9.17, 15) is 14.7 Å². The number of rotatable bonds is 3. The van der Waals surface area contributed by atoms with Gasteiger partial charge < -0.3 is 9.52 Å². The van der Waals surface area contributed by atoms with Gasteiger partial charge in [-0.05, 0) is 73.1 Å². The largest absolute Gasteiger partial charge is 0.507 e. The highest BCUT2D eigenvalue weighted by molar-refractivity contribution is 6.03. The summed E-state index contributed by atoms with van der Waals surface area (Å²) in [5.41, 5.74) is 6.36. The van der Waals surface area contributed by atoms with Crippen LogP contribution in [0.3, 0.4) is 0 Å². The normalized spacial score (nSPS) is 18.2. The van der Waals surface area contributed by atoms with Crippen LogP contribution in [0.4, 0.5) is 11.5 Å². The summed E-state index contributed by atoms with van der Waals surface area (Å²) in [6, 6.07) is 28.1. The summed E-state index contributed by atoms with van der Waals surface area (Å²) in [7, 11) is 0. The highest BCUT2D eigenvalue weighted by Gasteiger charge is 2.44. The Hall–Kier alpha value is -4.97. The van der Waals surface area contributed by atoms with Crippen molar-refractivity contribution < 1.29 is 14.3 Å². The van der Waals surface area contributed by atoms with Crippen LogP contribution < -0.4 is 10.5 Å². The number of hydrogen-bond acceptors (Lipinski definition) is 6. The highest BCUT2D eigenvalue weighted by atomic mass is 16.4. The molecule has 2 unspecified atom stereocenters. The van der Waals surface area contributed by atoms with E-state index in [0.717, 1.165) is 39.0 Å². The fourth-order valence-corrected chi connectivity index (χ4v) is 6.88. The van der Waals surface area contributed by atoms with Crippen molar-refractivity contribution in [1.82, 2.24) is 4.98 Å². The molecule has 2 aromatic heterocycles. The first-order chi connectivity index (χ1) is 21.5. The molecule has 0 saturated heterocycles. The number of aryl methyl sites for hydroxylation is 2. The molecule has 1 aliphatic carbocycles. The number of ketones is 1. The van der Waals surface area contributed by atoms with E-state index in [1.54, 1.807) is 6.92 Å². The number of hydrogen-bond donors (Lipinski definition) is 1. The van der Waals surface area contributed by atoms with E-state index < -0.39 is 11.5 Å². The van der Waals surface area contributed by atoms with Gasteiger partial charge in [-0.1, -0.05) is 74.9 Å². The number of pyridine rings is 1. The number of anilines is 2. The molecule has 7 rings (SSSR count). The summed E-state index contributed by atoms with van der Waals surface area (Å²) in [6.07, 6.45) is 0.860. The van der Waals surface area contributed by atoms with Gasteiger partial charge in [-0.2, -0.15) is 0 Å². The number of aromatic hydroxyl groups is 1. The molecule has 3 heterocycles. The Labute approximate surface area is 262 Å². The van der Waals surface area contributed by atoms with Crippen molar-refractivity contribution in [1.29, 1.82) is 0 Å². The monoisotopic (exact) mass is 596 g/mol. The van der Waals surface area contributed by atoms with Crippen molar-refractivity contribution in [3.8, 4) is 5.75 Å². The third-order valence-corrected chi connectivity index (χ3v) is 9.19. The van der Waals surface area contributed by atoms with E-state index in [2.05, 4.69) is 62.1 Å². The van der Waals surface area contributed by atoms with Gasteiger partial charge in [0.15, 0.2) is 5.78 Å². The van der Waals surface area contributed by atoms with Gasteiger partial charge in [-0.15, -0.1) is 0 Å². The van der Waals surface area contributed by atoms with Gasteiger partial charge in [-0.3, -0.25) is 9.69 Å². The number of allylic oxidation sites excluding steroid dienone is 2. The average molecular weight is 597 g/mol. The first-order valence-corrected chi connectivity index (χ1v) is 15.5. The molecule has 45 heavy (non-hydrogen) atoms. The van der Waals surface area contributed by atoms with E-state index in [1.807, 2.05) is 49.4 Å². The molecule has 1 aliphatic heterocycles. The van der Waals surface area contributed by atoms with E-state index in [-0.39, 0.29) is 28.4 Å². The van der Waals surface area contributed by atoms with Crippen LogP contribution in [-0.2, 0) is 10.2 Å². The molecule has 0 amide bonds.